The van der Waals surface area contributed by atoms with Crippen molar-refractivity contribution in [2.45, 2.75) is 65.5 Å². The van der Waals surface area contributed by atoms with Crippen LogP contribution >= 0.6 is 0 Å². The second-order valence-electron chi connectivity index (χ2n) is 7.15. The summed E-state index contributed by atoms with van der Waals surface area (Å²) >= 11 is 0. The first-order valence-electron chi connectivity index (χ1n) is 7.90. The summed E-state index contributed by atoms with van der Waals surface area (Å²) < 4.78 is 5.85. The van der Waals surface area contributed by atoms with E-state index >= 15 is 0 Å². The Morgan fingerprint density at radius 2 is 2.00 bits per heavy atom. The van der Waals surface area contributed by atoms with Crippen molar-refractivity contribution in [1.82, 2.24) is 5.32 Å². The number of ether oxygens (including phenoxy) is 1. The van der Waals surface area contributed by atoms with Crippen molar-refractivity contribution in [2.75, 3.05) is 6.61 Å². The van der Waals surface area contributed by atoms with Gasteiger partial charge in [0.2, 0.25) is 0 Å². The third-order valence-electron chi connectivity index (χ3n) is 4.25. The van der Waals surface area contributed by atoms with Crippen molar-refractivity contribution < 1.29 is 4.74 Å². The first kappa shape index (κ1) is 15.4. The van der Waals surface area contributed by atoms with Gasteiger partial charge in [0.25, 0.3) is 0 Å². The molecule has 20 heavy (non-hydrogen) atoms. The quantitative estimate of drug-likeness (QED) is 0.864. The molecule has 1 aliphatic rings. The molecule has 0 heterocycles. The second-order valence-corrected chi connectivity index (χ2v) is 7.15. The van der Waals surface area contributed by atoms with Gasteiger partial charge >= 0.3 is 0 Å². The highest BCUT2D eigenvalue weighted by atomic mass is 16.5. The molecule has 0 spiro atoms. The lowest BCUT2D eigenvalue weighted by Gasteiger charge is -2.37. The Kier molecular flexibility index (Phi) is 5.09. The maximum absolute atomic E-state index is 5.85. The summed E-state index contributed by atoms with van der Waals surface area (Å²) in [5, 5.41) is 3.73. The highest BCUT2D eigenvalue weighted by Crippen LogP contribution is 2.35. The van der Waals surface area contributed by atoms with E-state index in [9.17, 15) is 0 Å². The maximum atomic E-state index is 5.85. The average Bonchev–Trinajstić information content (AvgIpc) is 2.37. The normalized spacial score (nSPS) is 23.3. The average molecular weight is 275 g/mol. The molecule has 112 valence electrons. The van der Waals surface area contributed by atoms with Gasteiger partial charge in [-0.3, -0.25) is 0 Å². The van der Waals surface area contributed by atoms with E-state index < -0.39 is 0 Å². The molecule has 0 aromatic heterocycles. The smallest absolute Gasteiger partial charge is 0.119 e. The van der Waals surface area contributed by atoms with E-state index in [-0.39, 0.29) is 0 Å². The Balaban J connectivity index is 1.75. The van der Waals surface area contributed by atoms with Crippen LogP contribution in [0.25, 0.3) is 0 Å². The number of aryl methyl sites for hydroxylation is 1. The van der Waals surface area contributed by atoms with Crippen molar-refractivity contribution >= 4 is 0 Å². The molecule has 0 aliphatic heterocycles. The first-order chi connectivity index (χ1) is 9.44. The third-order valence-corrected chi connectivity index (χ3v) is 4.25. The van der Waals surface area contributed by atoms with E-state index in [0.29, 0.717) is 17.5 Å². The molecule has 0 radical (unpaired) electrons. The molecule has 2 atom stereocenters. The maximum Gasteiger partial charge on any atom is 0.119 e. The zero-order valence-corrected chi connectivity index (χ0v) is 13.4. The topological polar surface area (TPSA) is 21.3 Å². The molecule has 0 saturated heterocycles. The second kappa shape index (κ2) is 6.62. The fraction of sp³-hybridized carbons (Fsp3) is 0.667. The van der Waals surface area contributed by atoms with E-state index in [1.807, 2.05) is 12.1 Å². The largest absolute Gasteiger partial charge is 0.492 e. The zero-order valence-electron chi connectivity index (χ0n) is 13.4. The van der Waals surface area contributed by atoms with Gasteiger partial charge in [0.1, 0.15) is 12.4 Å². The van der Waals surface area contributed by atoms with Crippen molar-refractivity contribution in [3.05, 3.63) is 29.8 Å². The number of hydrogen-bond donors (Lipinski definition) is 1. The standard InChI is InChI=1S/C18H29NO/c1-14-7-9-17(10-8-14)20-13-15(2)19-16-6-5-11-18(3,4)12-16/h7-10,15-16,19H,5-6,11-13H2,1-4H3. The van der Waals surface area contributed by atoms with E-state index in [0.717, 1.165) is 12.4 Å². The van der Waals surface area contributed by atoms with Gasteiger partial charge in [0, 0.05) is 12.1 Å². The Labute approximate surface area is 123 Å². The van der Waals surface area contributed by atoms with Gasteiger partial charge in [-0.05, 0) is 50.7 Å². The molecule has 0 amide bonds. The molecule has 2 unspecified atom stereocenters. The minimum absolute atomic E-state index is 0.398. The molecular weight excluding hydrogens is 246 g/mol. The molecule has 1 aromatic carbocycles. The Morgan fingerprint density at radius 1 is 1.30 bits per heavy atom. The summed E-state index contributed by atoms with van der Waals surface area (Å²) in [6.07, 6.45) is 5.29. The Hall–Kier alpha value is -1.02. The number of rotatable bonds is 5. The van der Waals surface area contributed by atoms with Crippen molar-refractivity contribution in [3.8, 4) is 5.75 Å². The number of nitrogens with one attached hydrogen (secondary N) is 1. The fourth-order valence-electron chi connectivity index (χ4n) is 3.15. The molecule has 1 fully saturated rings. The fourth-order valence-corrected chi connectivity index (χ4v) is 3.15. The lowest BCUT2D eigenvalue weighted by molar-refractivity contribution is 0.176. The first-order valence-corrected chi connectivity index (χ1v) is 7.90. The Morgan fingerprint density at radius 3 is 2.65 bits per heavy atom. The van der Waals surface area contributed by atoms with Crippen molar-refractivity contribution in [2.24, 2.45) is 5.41 Å². The predicted molar refractivity (Wildman–Crippen MR) is 85.3 cm³/mol. The van der Waals surface area contributed by atoms with Crippen LogP contribution in [0.2, 0.25) is 0 Å². The van der Waals surface area contributed by atoms with Crippen LogP contribution in [0.15, 0.2) is 24.3 Å². The molecule has 1 aliphatic carbocycles. The molecule has 1 aromatic rings. The lowest BCUT2D eigenvalue weighted by atomic mass is 9.75. The molecule has 1 saturated carbocycles. The highest BCUT2D eigenvalue weighted by Gasteiger charge is 2.28. The number of hydrogen-bond acceptors (Lipinski definition) is 2. The zero-order chi connectivity index (χ0) is 14.6. The van der Waals surface area contributed by atoms with Crippen LogP contribution < -0.4 is 10.1 Å². The molecule has 2 rings (SSSR count). The van der Waals surface area contributed by atoms with Gasteiger partial charge in [-0.25, -0.2) is 0 Å². The summed E-state index contributed by atoms with van der Waals surface area (Å²) in [4.78, 5) is 0. The van der Waals surface area contributed by atoms with Crippen molar-refractivity contribution in [1.29, 1.82) is 0 Å². The van der Waals surface area contributed by atoms with Gasteiger partial charge in [-0.2, -0.15) is 0 Å². The van der Waals surface area contributed by atoms with Gasteiger partial charge in [0.15, 0.2) is 0 Å². The summed E-state index contributed by atoms with van der Waals surface area (Å²) in [7, 11) is 0. The van der Waals surface area contributed by atoms with Crippen LogP contribution in [0.3, 0.4) is 0 Å². The van der Waals surface area contributed by atoms with E-state index in [1.165, 1.54) is 31.2 Å². The Bertz CT molecular complexity index is 410. The van der Waals surface area contributed by atoms with E-state index in [2.05, 4.69) is 45.1 Å². The van der Waals surface area contributed by atoms with E-state index in [4.69, 9.17) is 4.74 Å². The molecule has 2 heteroatoms. The third kappa shape index (κ3) is 4.82. The van der Waals surface area contributed by atoms with Crippen LogP contribution in [0.1, 0.15) is 52.0 Å². The summed E-state index contributed by atoms with van der Waals surface area (Å²) in [6.45, 7) is 9.82. The van der Waals surface area contributed by atoms with Crippen LogP contribution in [0.5, 0.6) is 5.75 Å². The molecule has 2 nitrogen and oxygen atoms in total. The van der Waals surface area contributed by atoms with Crippen LogP contribution in [-0.2, 0) is 0 Å². The SMILES string of the molecule is Cc1ccc(OCC(C)NC2CCCC(C)(C)C2)cc1. The molecule has 1 N–H and O–H groups in total. The van der Waals surface area contributed by atoms with Gasteiger partial charge in [-0.1, -0.05) is 38.0 Å². The van der Waals surface area contributed by atoms with Crippen LogP contribution in [-0.4, -0.2) is 18.7 Å². The summed E-state index contributed by atoms with van der Waals surface area (Å²) in [5.41, 5.74) is 1.76. The minimum atomic E-state index is 0.398. The molecular formula is C18H29NO. The minimum Gasteiger partial charge on any atom is -0.492 e. The highest BCUT2D eigenvalue weighted by molar-refractivity contribution is 5.26. The van der Waals surface area contributed by atoms with Gasteiger partial charge in [0.05, 0.1) is 0 Å². The van der Waals surface area contributed by atoms with Gasteiger partial charge in [-0.15, -0.1) is 0 Å². The summed E-state index contributed by atoms with van der Waals surface area (Å²) in [6, 6.07) is 9.33. The van der Waals surface area contributed by atoms with E-state index in [1.54, 1.807) is 0 Å². The number of benzene rings is 1. The van der Waals surface area contributed by atoms with Crippen molar-refractivity contribution in [3.63, 3.8) is 0 Å². The molecule has 0 bridgehead atoms. The monoisotopic (exact) mass is 275 g/mol. The van der Waals surface area contributed by atoms with Crippen LogP contribution in [0.4, 0.5) is 0 Å². The lowest BCUT2D eigenvalue weighted by Crippen LogP contribution is -2.44. The predicted octanol–water partition coefficient (Wildman–Crippen LogP) is 4.32. The van der Waals surface area contributed by atoms with Crippen LogP contribution in [0, 0.1) is 12.3 Å². The van der Waals surface area contributed by atoms with Gasteiger partial charge < -0.3 is 10.1 Å². The summed E-state index contributed by atoms with van der Waals surface area (Å²) in [5.74, 6) is 0.966.